The van der Waals surface area contributed by atoms with Crippen molar-refractivity contribution in [1.82, 2.24) is 19.9 Å². The lowest BCUT2D eigenvalue weighted by atomic mass is 10.0. The van der Waals surface area contributed by atoms with Crippen molar-refractivity contribution < 1.29 is 19.0 Å². The number of nitrogens with one attached hydrogen (secondary N) is 1. The molecule has 1 amide bonds. The number of nitrogens with zero attached hydrogens (tertiary/aromatic N) is 4. The smallest absolute Gasteiger partial charge is 0.242 e. The van der Waals surface area contributed by atoms with Gasteiger partial charge in [-0.25, -0.2) is 9.50 Å². The third-order valence-corrected chi connectivity index (χ3v) is 5.23. The second kappa shape index (κ2) is 7.91. The summed E-state index contributed by atoms with van der Waals surface area (Å²) in [5.41, 5.74) is 2.23. The highest BCUT2D eigenvalue weighted by Crippen LogP contribution is 2.34. The van der Waals surface area contributed by atoms with Crippen LogP contribution < -0.4 is 19.5 Å². The summed E-state index contributed by atoms with van der Waals surface area (Å²) >= 11 is 0. The van der Waals surface area contributed by atoms with Crippen LogP contribution in [0.3, 0.4) is 0 Å². The number of methoxy groups -OCH3 is 2. The first-order valence-corrected chi connectivity index (χ1v) is 9.48. The van der Waals surface area contributed by atoms with Crippen molar-refractivity contribution in [3.63, 3.8) is 0 Å². The molecule has 2 atom stereocenters. The van der Waals surface area contributed by atoms with Crippen molar-refractivity contribution >= 4 is 11.4 Å². The quantitative estimate of drug-likeness (QED) is 0.667. The van der Waals surface area contributed by atoms with Gasteiger partial charge in [0.25, 0.3) is 0 Å². The van der Waals surface area contributed by atoms with Crippen LogP contribution in [-0.2, 0) is 4.79 Å². The Bertz CT molecular complexity index is 1150. The molecule has 0 unspecified atom stereocenters. The average Bonchev–Trinajstić information content (AvgIpc) is 3.39. The Morgan fingerprint density at radius 3 is 2.77 bits per heavy atom. The molecule has 0 saturated carbocycles. The first-order valence-electron chi connectivity index (χ1n) is 9.48. The van der Waals surface area contributed by atoms with Crippen LogP contribution in [0.2, 0.25) is 0 Å². The molecule has 1 aliphatic rings. The number of amides is 1. The maximum absolute atomic E-state index is 11.6. The van der Waals surface area contributed by atoms with E-state index in [-0.39, 0.29) is 17.9 Å². The van der Waals surface area contributed by atoms with Gasteiger partial charge in [0.1, 0.15) is 23.3 Å². The van der Waals surface area contributed by atoms with Gasteiger partial charge in [0.15, 0.2) is 11.5 Å². The number of hydrogen-bond acceptors (Lipinski definition) is 7. The third kappa shape index (κ3) is 3.48. The predicted octanol–water partition coefficient (Wildman–Crippen LogP) is 2.19. The van der Waals surface area contributed by atoms with E-state index < -0.39 is 0 Å². The minimum absolute atomic E-state index is 0.00898. The molecule has 9 nitrogen and oxygen atoms in total. The molecule has 1 aromatic carbocycles. The SMILES string of the molecule is COc1ccc(-c2cn3ncc(C#N)c3c(O[C@H](C)[C@H]3CNC(=O)C3)n2)cc1OC. The molecule has 3 heterocycles. The summed E-state index contributed by atoms with van der Waals surface area (Å²) in [6.45, 7) is 2.45. The highest BCUT2D eigenvalue weighted by molar-refractivity contribution is 5.78. The second-order valence-electron chi connectivity index (χ2n) is 7.06. The molecular weight excluding hydrogens is 386 g/mol. The summed E-state index contributed by atoms with van der Waals surface area (Å²) < 4.78 is 18.4. The Labute approximate surface area is 173 Å². The Kier molecular flexibility index (Phi) is 5.14. The molecule has 1 N–H and O–H groups in total. The normalized spacial score (nSPS) is 16.7. The van der Waals surface area contributed by atoms with Crippen LogP contribution in [0.25, 0.3) is 16.8 Å². The number of nitriles is 1. The van der Waals surface area contributed by atoms with E-state index in [1.165, 1.54) is 6.20 Å². The highest BCUT2D eigenvalue weighted by atomic mass is 16.5. The van der Waals surface area contributed by atoms with Crippen LogP contribution in [0.4, 0.5) is 0 Å². The molecule has 30 heavy (non-hydrogen) atoms. The van der Waals surface area contributed by atoms with Crippen molar-refractivity contribution in [1.29, 1.82) is 5.26 Å². The van der Waals surface area contributed by atoms with Crippen LogP contribution in [0, 0.1) is 17.2 Å². The summed E-state index contributed by atoms with van der Waals surface area (Å²) in [6, 6.07) is 7.59. The van der Waals surface area contributed by atoms with Crippen molar-refractivity contribution in [2.45, 2.75) is 19.4 Å². The molecule has 9 heteroatoms. The van der Waals surface area contributed by atoms with E-state index in [4.69, 9.17) is 14.2 Å². The molecule has 1 aliphatic heterocycles. The van der Waals surface area contributed by atoms with Gasteiger partial charge in [-0.2, -0.15) is 10.4 Å². The van der Waals surface area contributed by atoms with Crippen LogP contribution in [0.1, 0.15) is 18.9 Å². The molecule has 0 bridgehead atoms. The molecule has 1 saturated heterocycles. The lowest BCUT2D eigenvalue weighted by Gasteiger charge is -2.20. The maximum atomic E-state index is 11.6. The van der Waals surface area contributed by atoms with Crippen molar-refractivity contribution in [2.24, 2.45) is 5.92 Å². The van der Waals surface area contributed by atoms with Crippen molar-refractivity contribution in [3.8, 4) is 34.7 Å². The molecule has 154 valence electrons. The van der Waals surface area contributed by atoms with Gasteiger partial charge >= 0.3 is 0 Å². The van der Waals surface area contributed by atoms with Gasteiger partial charge in [0.05, 0.1) is 32.3 Å². The van der Waals surface area contributed by atoms with Gasteiger partial charge in [-0.15, -0.1) is 0 Å². The number of rotatable bonds is 6. The molecule has 0 spiro atoms. The lowest BCUT2D eigenvalue weighted by Crippen LogP contribution is -2.26. The molecular formula is C21H21N5O4. The van der Waals surface area contributed by atoms with Gasteiger partial charge in [-0.1, -0.05) is 0 Å². The maximum Gasteiger partial charge on any atom is 0.242 e. The van der Waals surface area contributed by atoms with Crippen molar-refractivity contribution in [2.75, 3.05) is 20.8 Å². The van der Waals surface area contributed by atoms with E-state index >= 15 is 0 Å². The largest absolute Gasteiger partial charge is 0.493 e. The van der Waals surface area contributed by atoms with Crippen LogP contribution in [0.15, 0.2) is 30.6 Å². The fourth-order valence-electron chi connectivity index (χ4n) is 3.51. The van der Waals surface area contributed by atoms with E-state index in [9.17, 15) is 10.1 Å². The summed E-state index contributed by atoms with van der Waals surface area (Å²) in [7, 11) is 3.14. The number of hydrogen-bond donors (Lipinski definition) is 1. The van der Waals surface area contributed by atoms with Crippen LogP contribution in [-0.4, -0.2) is 47.4 Å². The first kappa shape index (κ1) is 19.5. The number of carbonyl (C=O) groups is 1. The summed E-state index contributed by atoms with van der Waals surface area (Å²) in [5, 5.41) is 16.6. The predicted molar refractivity (Wildman–Crippen MR) is 107 cm³/mol. The van der Waals surface area contributed by atoms with E-state index in [1.54, 1.807) is 31.0 Å². The fourth-order valence-corrected chi connectivity index (χ4v) is 3.51. The topological polar surface area (TPSA) is 111 Å². The monoisotopic (exact) mass is 407 g/mol. The molecule has 0 aliphatic carbocycles. The molecule has 2 aromatic heterocycles. The molecule has 3 aromatic rings. The van der Waals surface area contributed by atoms with E-state index in [1.807, 2.05) is 19.1 Å². The zero-order valence-corrected chi connectivity index (χ0v) is 16.9. The molecule has 1 fully saturated rings. The minimum Gasteiger partial charge on any atom is -0.493 e. The van der Waals surface area contributed by atoms with Gasteiger partial charge < -0.3 is 19.5 Å². The number of ether oxygens (including phenoxy) is 3. The number of benzene rings is 1. The number of aromatic nitrogens is 3. The van der Waals surface area contributed by atoms with Crippen molar-refractivity contribution in [3.05, 3.63) is 36.2 Å². The van der Waals surface area contributed by atoms with Crippen LogP contribution in [0.5, 0.6) is 17.4 Å². The lowest BCUT2D eigenvalue weighted by molar-refractivity contribution is -0.119. The Balaban J connectivity index is 1.77. The average molecular weight is 407 g/mol. The summed E-state index contributed by atoms with van der Waals surface area (Å²) in [6.07, 6.45) is 3.34. The number of carbonyl (C=O) groups excluding carboxylic acids is 1. The standard InChI is InChI=1S/C21H21N5O4/c1-12(14-7-19(27)23-9-14)30-21-20-15(8-22)10-24-26(20)11-16(25-21)13-4-5-17(28-2)18(6-13)29-3/h4-6,10-12,14H,7,9H2,1-3H3,(H,23,27)/t12-,14-/m1/s1. The Morgan fingerprint density at radius 2 is 2.10 bits per heavy atom. The zero-order chi connectivity index (χ0) is 21.3. The third-order valence-electron chi connectivity index (χ3n) is 5.23. The van der Waals surface area contributed by atoms with E-state index in [0.29, 0.717) is 47.1 Å². The van der Waals surface area contributed by atoms with E-state index in [2.05, 4.69) is 21.5 Å². The fraction of sp³-hybridized carbons (Fsp3) is 0.333. The summed E-state index contributed by atoms with van der Waals surface area (Å²) in [4.78, 5) is 16.2. The second-order valence-corrected chi connectivity index (χ2v) is 7.06. The summed E-state index contributed by atoms with van der Waals surface area (Å²) in [5.74, 6) is 1.51. The molecule has 0 radical (unpaired) electrons. The van der Waals surface area contributed by atoms with Crippen LogP contribution >= 0.6 is 0 Å². The van der Waals surface area contributed by atoms with Gasteiger partial charge in [0.2, 0.25) is 11.8 Å². The van der Waals surface area contributed by atoms with Gasteiger partial charge in [-0.3, -0.25) is 4.79 Å². The molecule has 4 rings (SSSR count). The zero-order valence-electron chi connectivity index (χ0n) is 16.9. The Morgan fingerprint density at radius 1 is 1.30 bits per heavy atom. The van der Waals surface area contributed by atoms with E-state index in [0.717, 1.165) is 5.56 Å². The van der Waals surface area contributed by atoms with Gasteiger partial charge in [-0.05, 0) is 25.1 Å². The highest BCUT2D eigenvalue weighted by Gasteiger charge is 2.29. The Hall–Kier alpha value is -3.80. The minimum atomic E-state index is -0.276. The first-order chi connectivity index (χ1) is 14.5. The van der Waals surface area contributed by atoms with Gasteiger partial charge in [0, 0.05) is 24.4 Å². The number of fused-ring (bicyclic) bond motifs is 1.